The van der Waals surface area contributed by atoms with Crippen molar-refractivity contribution in [3.8, 4) is 0 Å². The summed E-state index contributed by atoms with van der Waals surface area (Å²) < 4.78 is 27.2. The molecular weight excluding hydrogens is 184 g/mol. The maximum atomic E-state index is 11.8. The molecule has 0 aromatic rings. The summed E-state index contributed by atoms with van der Waals surface area (Å²) in [5.41, 5.74) is 0. The molecule has 0 bridgehead atoms. The minimum absolute atomic E-state index is 0. The van der Waals surface area contributed by atoms with Gasteiger partial charge in [-0.15, -0.1) is 0 Å². The zero-order valence-corrected chi connectivity index (χ0v) is 5.51. The standard InChI is InChI=1S/C3H4Cl2F2O.Na.H/c1-8-3(6,7)2(4)5;;/h2H,1H3;;. The first kappa shape index (κ1) is 13.0. The normalized spacial score (nSPS) is 11.3. The number of halogens is 4. The number of hydrogen-bond donors (Lipinski definition) is 0. The van der Waals surface area contributed by atoms with Gasteiger partial charge in [0.25, 0.3) is 0 Å². The summed E-state index contributed by atoms with van der Waals surface area (Å²) in [5.74, 6) is 0. The topological polar surface area (TPSA) is 9.23 Å². The Morgan fingerprint density at radius 3 is 1.78 bits per heavy atom. The number of ether oxygens (including phenoxy) is 1. The summed E-state index contributed by atoms with van der Waals surface area (Å²) in [6.45, 7) is 0. The van der Waals surface area contributed by atoms with Crippen LogP contribution in [0, 0.1) is 0 Å². The molecule has 0 N–H and O–H groups in total. The Kier molecular flexibility index (Phi) is 7.39. The molecule has 0 aliphatic heterocycles. The first-order valence-electron chi connectivity index (χ1n) is 1.72. The fourth-order valence-electron chi connectivity index (χ4n) is 0.0891. The van der Waals surface area contributed by atoms with Crippen LogP contribution in [0.3, 0.4) is 0 Å². The Morgan fingerprint density at radius 2 is 1.78 bits per heavy atom. The zero-order chi connectivity index (χ0) is 6.78. The van der Waals surface area contributed by atoms with E-state index in [1.807, 2.05) is 0 Å². The van der Waals surface area contributed by atoms with Crippen LogP contribution in [0.2, 0.25) is 0 Å². The van der Waals surface area contributed by atoms with Gasteiger partial charge in [-0.2, -0.15) is 8.78 Å². The molecule has 1 nitrogen and oxygen atoms in total. The van der Waals surface area contributed by atoms with Crippen molar-refractivity contribution in [2.24, 2.45) is 0 Å². The van der Waals surface area contributed by atoms with Crippen molar-refractivity contribution >= 4 is 52.8 Å². The van der Waals surface area contributed by atoms with Crippen LogP contribution in [0.15, 0.2) is 0 Å². The molecule has 0 aromatic carbocycles. The number of hydrogen-bond acceptors (Lipinski definition) is 1. The van der Waals surface area contributed by atoms with Crippen LogP contribution in [-0.2, 0) is 4.74 Å². The van der Waals surface area contributed by atoms with Crippen molar-refractivity contribution in [2.45, 2.75) is 10.9 Å². The Morgan fingerprint density at radius 1 is 1.44 bits per heavy atom. The monoisotopic (exact) mass is 188 g/mol. The van der Waals surface area contributed by atoms with Crippen molar-refractivity contribution in [2.75, 3.05) is 7.11 Å². The van der Waals surface area contributed by atoms with Gasteiger partial charge in [-0.25, -0.2) is 0 Å². The zero-order valence-electron chi connectivity index (χ0n) is 4.00. The molecule has 0 heterocycles. The van der Waals surface area contributed by atoms with Crippen LogP contribution in [0.25, 0.3) is 0 Å². The van der Waals surface area contributed by atoms with Gasteiger partial charge in [0.05, 0.1) is 0 Å². The summed E-state index contributed by atoms with van der Waals surface area (Å²) in [6.07, 6.45) is -3.43. The van der Waals surface area contributed by atoms with Crippen LogP contribution in [0.4, 0.5) is 8.78 Å². The van der Waals surface area contributed by atoms with Gasteiger partial charge in [0.15, 0.2) is 4.84 Å². The van der Waals surface area contributed by atoms with Crippen molar-refractivity contribution in [1.29, 1.82) is 0 Å². The minimum atomic E-state index is -3.43. The fourth-order valence-corrected chi connectivity index (χ4v) is 0.267. The molecule has 0 radical (unpaired) electrons. The van der Waals surface area contributed by atoms with Gasteiger partial charge in [-0.3, -0.25) is 0 Å². The van der Waals surface area contributed by atoms with Crippen LogP contribution < -0.4 is 0 Å². The average molecular weight is 189 g/mol. The van der Waals surface area contributed by atoms with Gasteiger partial charge >= 0.3 is 35.7 Å². The van der Waals surface area contributed by atoms with E-state index < -0.39 is 10.9 Å². The van der Waals surface area contributed by atoms with Gasteiger partial charge in [-0.05, 0) is 0 Å². The Balaban J connectivity index is 0. The van der Waals surface area contributed by atoms with E-state index >= 15 is 0 Å². The third-order valence-electron chi connectivity index (χ3n) is 0.526. The summed E-state index contributed by atoms with van der Waals surface area (Å²) in [4.78, 5) is -1.80. The van der Waals surface area contributed by atoms with Crippen LogP contribution in [-0.4, -0.2) is 47.6 Å². The maximum absolute atomic E-state index is 11.8. The quantitative estimate of drug-likeness (QED) is 0.471. The Labute approximate surface area is 83.9 Å². The first-order chi connectivity index (χ1) is 3.50. The molecule has 0 aromatic heterocycles. The van der Waals surface area contributed by atoms with Gasteiger partial charge in [-0.1, -0.05) is 23.2 Å². The molecule has 0 atom stereocenters. The second-order valence-corrected chi connectivity index (χ2v) is 2.16. The van der Waals surface area contributed by atoms with E-state index in [-0.39, 0.29) is 29.6 Å². The summed E-state index contributed by atoms with van der Waals surface area (Å²) in [5, 5.41) is 0. The molecular formula is C3H5Cl2F2NaO. The number of rotatable bonds is 2. The fraction of sp³-hybridized carbons (Fsp3) is 1.00. The molecule has 0 saturated carbocycles. The van der Waals surface area contributed by atoms with E-state index in [9.17, 15) is 8.78 Å². The van der Waals surface area contributed by atoms with E-state index in [2.05, 4.69) is 4.74 Å². The molecule has 0 aliphatic rings. The van der Waals surface area contributed by atoms with Crippen molar-refractivity contribution in [3.63, 3.8) is 0 Å². The summed E-state index contributed by atoms with van der Waals surface area (Å²) >= 11 is 9.52. The Bertz CT molecular complexity index is 80.2. The third-order valence-corrected chi connectivity index (χ3v) is 1.03. The van der Waals surface area contributed by atoms with Crippen LogP contribution >= 0.6 is 23.2 Å². The van der Waals surface area contributed by atoms with Crippen molar-refractivity contribution < 1.29 is 13.5 Å². The Hall–Kier alpha value is 1.40. The van der Waals surface area contributed by atoms with Crippen molar-refractivity contribution in [3.05, 3.63) is 0 Å². The summed E-state index contributed by atoms with van der Waals surface area (Å²) in [6, 6.07) is 0. The predicted octanol–water partition coefficient (Wildman–Crippen LogP) is 1.38. The van der Waals surface area contributed by atoms with Gasteiger partial charge in [0.1, 0.15) is 0 Å². The molecule has 0 rings (SSSR count). The molecule has 6 heteroatoms. The number of alkyl halides is 4. The second-order valence-electron chi connectivity index (χ2n) is 1.07. The van der Waals surface area contributed by atoms with E-state index in [1.54, 1.807) is 0 Å². The second kappa shape index (κ2) is 5.10. The van der Waals surface area contributed by atoms with E-state index in [1.165, 1.54) is 0 Å². The molecule has 0 fully saturated rings. The van der Waals surface area contributed by atoms with E-state index in [4.69, 9.17) is 23.2 Å². The summed E-state index contributed by atoms with van der Waals surface area (Å²) in [7, 11) is 0.831. The first-order valence-corrected chi connectivity index (χ1v) is 2.59. The van der Waals surface area contributed by atoms with Gasteiger partial charge in [0, 0.05) is 7.11 Å². The van der Waals surface area contributed by atoms with E-state index in [0.717, 1.165) is 7.11 Å². The molecule has 9 heavy (non-hydrogen) atoms. The predicted molar refractivity (Wildman–Crippen MR) is 34.6 cm³/mol. The van der Waals surface area contributed by atoms with Crippen molar-refractivity contribution in [1.82, 2.24) is 0 Å². The molecule has 0 unspecified atom stereocenters. The SMILES string of the molecule is COC(F)(F)C(Cl)Cl.[NaH]. The average Bonchev–Trinajstić information content (AvgIpc) is 1.67. The molecule has 0 spiro atoms. The van der Waals surface area contributed by atoms with Crippen LogP contribution in [0.1, 0.15) is 0 Å². The molecule has 0 aliphatic carbocycles. The van der Waals surface area contributed by atoms with E-state index in [0.29, 0.717) is 0 Å². The molecule has 0 amide bonds. The molecule has 52 valence electrons. The van der Waals surface area contributed by atoms with Crippen LogP contribution in [0.5, 0.6) is 0 Å². The molecule has 0 saturated heterocycles. The number of methoxy groups -OCH3 is 1. The van der Waals surface area contributed by atoms with Gasteiger partial charge < -0.3 is 4.74 Å². The van der Waals surface area contributed by atoms with Gasteiger partial charge in [0.2, 0.25) is 0 Å². The third kappa shape index (κ3) is 4.76.